The highest BCUT2D eigenvalue weighted by molar-refractivity contribution is 9.10. The van der Waals surface area contributed by atoms with E-state index < -0.39 is 0 Å². The normalized spacial score (nSPS) is 15.9. The molecule has 0 radical (unpaired) electrons. The Kier molecular flexibility index (Phi) is 4.48. The summed E-state index contributed by atoms with van der Waals surface area (Å²) in [6.07, 6.45) is 1.06. The molecule has 0 aliphatic heterocycles. The maximum Gasteiger partial charge on any atom is 0.0314 e. The molecule has 1 aromatic rings. The Hall–Kier alpha value is 0.470. The number of rotatable bonds is 4. The molecule has 0 N–H and O–H groups in total. The van der Waals surface area contributed by atoms with Crippen LogP contribution < -0.4 is 0 Å². The first kappa shape index (κ1) is 12.5. The first-order valence-corrected chi connectivity index (χ1v) is 6.98. The number of alkyl halides is 1. The largest absolute Gasteiger partial charge is 0.148 e. The van der Waals surface area contributed by atoms with Gasteiger partial charge in [-0.25, -0.2) is 0 Å². The molecule has 1 atom stereocenters. The molecule has 0 saturated carbocycles. The van der Waals surface area contributed by atoms with E-state index in [1.165, 1.54) is 9.35 Å². The van der Waals surface area contributed by atoms with Crippen LogP contribution in [-0.4, -0.2) is 5.88 Å². The van der Waals surface area contributed by atoms with Crippen molar-refractivity contribution in [2.45, 2.75) is 27.2 Å². The van der Waals surface area contributed by atoms with E-state index in [1.54, 1.807) is 11.3 Å². The zero-order chi connectivity index (χ0) is 10.8. The summed E-state index contributed by atoms with van der Waals surface area (Å²) < 4.78 is 1.22. The molecule has 0 amide bonds. The molecule has 1 unspecified atom stereocenters. The molecule has 0 nitrogen and oxygen atoms in total. The van der Waals surface area contributed by atoms with Crippen LogP contribution in [0.2, 0.25) is 0 Å². The van der Waals surface area contributed by atoms with Crippen LogP contribution in [0.25, 0.3) is 0 Å². The van der Waals surface area contributed by atoms with Crippen LogP contribution in [0.15, 0.2) is 15.9 Å². The number of hydrogen-bond donors (Lipinski definition) is 0. The summed E-state index contributed by atoms with van der Waals surface area (Å²) in [5, 5.41) is 2.12. The minimum absolute atomic E-state index is 0.203. The van der Waals surface area contributed by atoms with Crippen LogP contribution >= 0.6 is 38.9 Å². The van der Waals surface area contributed by atoms with Crippen LogP contribution in [0.4, 0.5) is 0 Å². The van der Waals surface area contributed by atoms with Gasteiger partial charge in [0.05, 0.1) is 0 Å². The molecule has 1 aromatic heterocycles. The van der Waals surface area contributed by atoms with Gasteiger partial charge >= 0.3 is 0 Å². The molecule has 14 heavy (non-hydrogen) atoms. The van der Waals surface area contributed by atoms with Gasteiger partial charge in [-0.15, -0.1) is 22.9 Å². The summed E-state index contributed by atoms with van der Waals surface area (Å²) in [5.41, 5.74) is 0.203. The van der Waals surface area contributed by atoms with E-state index in [4.69, 9.17) is 11.6 Å². The fourth-order valence-electron chi connectivity index (χ4n) is 1.22. The third-order valence-corrected chi connectivity index (χ3v) is 5.49. The van der Waals surface area contributed by atoms with Crippen molar-refractivity contribution in [1.29, 1.82) is 0 Å². The third kappa shape index (κ3) is 2.74. The standard InChI is InChI=1S/C11H16BrClS/c1-8(2)11(3,7-13)6-10-9(12)4-5-14-10/h4-5,8H,6-7H2,1-3H3. The maximum atomic E-state index is 6.06. The lowest BCUT2D eigenvalue weighted by Crippen LogP contribution is -2.27. The molecule has 0 spiro atoms. The average molecular weight is 296 g/mol. The monoisotopic (exact) mass is 294 g/mol. The second-order valence-electron chi connectivity index (χ2n) is 4.31. The molecule has 3 heteroatoms. The van der Waals surface area contributed by atoms with E-state index in [0.717, 1.165) is 12.3 Å². The van der Waals surface area contributed by atoms with Crippen molar-refractivity contribution in [2.24, 2.45) is 11.3 Å². The zero-order valence-corrected chi connectivity index (χ0v) is 12.0. The van der Waals surface area contributed by atoms with Crippen LogP contribution in [0.5, 0.6) is 0 Å². The van der Waals surface area contributed by atoms with Crippen molar-refractivity contribution in [2.75, 3.05) is 5.88 Å². The Morgan fingerprint density at radius 1 is 1.57 bits per heavy atom. The number of thiophene rings is 1. The summed E-state index contributed by atoms with van der Waals surface area (Å²) in [6.45, 7) is 6.74. The summed E-state index contributed by atoms with van der Waals surface area (Å²) in [4.78, 5) is 1.40. The Morgan fingerprint density at radius 2 is 2.21 bits per heavy atom. The molecule has 0 aliphatic carbocycles. The lowest BCUT2D eigenvalue weighted by atomic mass is 9.78. The van der Waals surface area contributed by atoms with Crippen LogP contribution in [0.1, 0.15) is 25.6 Å². The average Bonchev–Trinajstić information content (AvgIpc) is 2.51. The van der Waals surface area contributed by atoms with E-state index in [0.29, 0.717) is 5.92 Å². The summed E-state index contributed by atoms with van der Waals surface area (Å²) >= 11 is 11.4. The highest BCUT2D eigenvalue weighted by atomic mass is 79.9. The number of hydrogen-bond acceptors (Lipinski definition) is 1. The topological polar surface area (TPSA) is 0 Å². The van der Waals surface area contributed by atoms with E-state index >= 15 is 0 Å². The number of halogens is 2. The Labute approximate surface area is 104 Å². The summed E-state index contributed by atoms with van der Waals surface area (Å²) in [7, 11) is 0. The van der Waals surface area contributed by atoms with Gasteiger partial charge in [0, 0.05) is 15.2 Å². The molecular formula is C11H16BrClS. The summed E-state index contributed by atoms with van der Waals surface area (Å²) in [5.74, 6) is 1.32. The van der Waals surface area contributed by atoms with Crippen molar-refractivity contribution < 1.29 is 0 Å². The van der Waals surface area contributed by atoms with Crippen LogP contribution in [-0.2, 0) is 6.42 Å². The molecule has 1 heterocycles. The highest BCUT2D eigenvalue weighted by Gasteiger charge is 2.28. The van der Waals surface area contributed by atoms with Crippen LogP contribution in [0, 0.1) is 11.3 Å². The van der Waals surface area contributed by atoms with E-state index in [1.807, 2.05) is 0 Å². The highest BCUT2D eigenvalue weighted by Crippen LogP contribution is 2.36. The molecule has 1 rings (SSSR count). The van der Waals surface area contributed by atoms with Crippen molar-refractivity contribution >= 4 is 38.9 Å². The predicted octanol–water partition coefficient (Wildman–Crippen LogP) is 4.95. The predicted molar refractivity (Wildman–Crippen MR) is 69.4 cm³/mol. The first-order valence-electron chi connectivity index (χ1n) is 4.77. The smallest absolute Gasteiger partial charge is 0.0314 e. The second kappa shape index (κ2) is 5.00. The van der Waals surface area contributed by atoms with Gasteiger partial charge in [0.15, 0.2) is 0 Å². The molecule has 0 aliphatic rings. The first-order chi connectivity index (χ1) is 6.49. The minimum Gasteiger partial charge on any atom is -0.148 e. The second-order valence-corrected chi connectivity index (χ2v) is 6.43. The quantitative estimate of drug-likeness (QED) is 0.689. The van der Waals surface area contributed by atoms with Crippen molar-refractivity contribution in [3.05, 3.63) is 20.8 Å². The van der Waals surface area contributed by atoms with E-state index in [2.05, 4.69) is 48.1 Å². The fourth-order valence-corrected chi connectivity index (χ4v) is 3.32. The third-order valence-electron chi connectivity index (χ3n) is 2.95. The van der Waals surface area contributed by atoms with Gasteiger partial charge in [-0.05, 0) is 45.1 Å². The fraction of sp³-hybridized carbons (Fsp3) is 0.636. The van der Waals surface area contributed by atoms with Gasteiger partial charge in [-0.3, -0.25) is 0 Å². The Bertz CT molecular complexity index is 295. The van der Waals surface area contributed by atoms with Crippen molar-refractivity contribution in [1.82, 2.24) is 0 Å². The maximum absolute atomic E-state index is 6.06. The molecule has 80 valence electrons. The van der Waals surface area contributed by atoms with Gasteiger partial charge in [-0.2, -0.15) is 0 Å². The van der Waals surface area contributed by atoms with Crippen molar-refractivity contribution in [3.63, 3.8) is 0 Å². The molecule has 0 fully saturated rings. The Balaban J connectivity index is 2.80. The lowest BCUT2D eigenvalue weighted by Gasteiger charge is -2.31. The van der Waals surface area contributed by atoms with Crippen LogP contribution in [0.3, 0.4) is 0 Å². The molecule has 0 saturated heterocycles. The van der Waals surface area contributed by atoms with Gasteiger partial charge in [0.2, 0.25) is 0 Å². The Morgan fingerprint density at radius 3 is 2.57 bits per heavy atom. The SMILES string of the molecule is CC(C)C(C)(CCl)Cc1sccc1Br. The van der Waals surface area contributed by atoms with Crippen molar-refractivity contribution in [3.8, 4) is 0 Å². The molecule has 0 aromatic carbocycles. The minimum atomic E-state index is 0.203. The lowest BCUT2D eigenvalue weighted by molar-refractivity contribution is 0.255. The molecular weight excluding hydrogens is 280 g/mol. The zero-order valence-electron chi connectivity index (χ0n) is 8.81. The van der Waals surface area contributed by atoms with E-state index in [9.17, 15) is 0 Å². The summed E-state index contributed by atoms with van der Waals surface area (Å²) in [6, 6.07) is 2.11. The van der Waals surface area contributed by atoms with Gasteiger partial charge in [0.25, 0.3) is 0 Å². The van der Waals surface area contributed by atoms with E-state index in [-0.39, 0.29) is 5.41 Å². The van der Waals surface area contributed by atoms with Gasteiger partial charge in [0.1, 0.15) is 0 Å². The molecule has 0 bridgehead atoms. The van der Waals surface area contributed by atoms with Gasteiger partial charge < -0.3 is 0 Å². The van der Waals surface area contributed by atoms with Gasteiger partial charge in [-0.1, -0.05) is 20.8 Å².